The summed E-state index contributed by atoms with van der Waals surface area (Å²) in [5.41, 5.74) is 0.0276. The maximum absolute atomic E-state index is 14.5. The summed E-state index contributed by atoms with van der Waals surface area (Å²) in [4.78, 5) is 5.71. The van der Waals surface area contributed by atoms with E-state index < -0.39 is 30.2 Å². The quantitative estimate of drug-likeness (QED) is 0.462. The first-order valence-corrected chi connectivity index (χ1v) is 6.74. The largest absolute Gasteiger partial charge is 0.396 e. The summed E-state index contributed by atoms with van der Waals surface area (Å²) >= 11 is 0. The van der Waals surface area contributed by atoms with Crippen LogP contribution in [0.25, 0.3) is 0 Å². The molecule has 3 rings (SSSR count). The minimum atomic E-state index is -1.33. The van der Waals surface area contributed by atoms with E-state index in [2.05, 4.69) is 10.3 Å². The zero-order valence-electron chi connectivity index (χ0n) is 11.1. The number of aliphatic imine (C=N–C) groups is 1. The number of rotatable bonds is 3. The van der Waals surface area contributed by atoms with Crippen LogP contribution in [0, 0.1) is 11.3 Å². The topological polar surface area (TPSA) is 112 Å². The summed E-state index contributed by atoms with van der Waals surface area (Å²) < 4.78 is 14.5. The van der Waals surface area contributed by atoms with Crippen molar-refractivity contribution in [3.05, 3.63) is 23.7 Å². The number of nitrogens with one attached hydrogen (secondary N) is 2. The third-order valence-corrected chi connectivity index (χ3v) is 4.15. The predicted molar refractivity (Wildman–Crippen MR) is 73.2 cm³/mol. The molecule has 21 heavy (non-hydrogen) atoms. The summed E-state index contributed by atoms with van der Waals surface area (Å²) in [5, 5.41) is 39.5. The van der Waals surface area contributed by atoms with Crippen molar-refractivity contribution in [1.29, 1.82) is 5.41 Å². The van der Waals surface area contributed by atoms with Crippen LogP contribution in [-0.4, -0.2) is 63.4 Å². The van der Waals surface area contributed by atoms with Crippen molar-refractivity contribution in [3.63, 3.8) is 0 Å². The van der Waals surface area contributed by atoms with Crippen LogP contribution in [0.1, 0.15) is 6.42 Å². The Hall–Kier alpha value is -1.77. The van der Waals surface area contributed by atoms with Crippen molar-refractivity contribution in [2.24, 2.45) is 10.9 Å². The molecule has 0 fully saturated rings. The molecule has 2 heterocycles. The van der Waals surface area contributed by atoms with Crippen molar-refractivity contribution in [1.82, 2.24) is 10.2 Å². The molecule has 5 N–H and O–H groups in total. The van der Waals surface area contributed by atoms with Crippen LogP contribution in [0.3, 0.4) is 0 Å². The van der Waals surface area contributed by atoms with Crippen LogP contribution in [0.5, 0.6) is 0 Å². The Morgan fingerprint density at radius 3 is 2.90 bits per heavy atom. The molecule has 0 amide bonds. The third kappa shape index (κ3) is 2.06. The van der Waals surface area contributed by atoms with Gasteiger partial charge in [0.05, 0.1) is 12.3 Å². The second-order valence-corrected chi connectivity index (χ2v) is 5.29. The van der Waals surface area contributed by atoms with Crippen molar-refractivity contribution in [2.75, 3.05) is 6.61 Å². The van der Waals surface area contributed by atoms with E-state index in [-0.39, 0.29) is 30.4 Å². The molecule has 0 aromatic carbocycles. The number of aliphatic hydroxyl groups is 3. The molecule has 0 saturated carbocycles. The van der Waals surface area contributed by atoms with E-state index in [0.29, 0.717) is 0 Å². The van der Waals surface area contributed by atoms with E-state index in [9.17, 15) is 14.6 Å². The van der Waals surface area contributed by atoms with E-state index >= 15 is 0 Å². The van der Waals surface area contributed by atoms with Gasteiger partial charge in [0.2, 0.25) is 0 Å². The highest BCUT2D eigenvalue weighted by atomic mass is 19.1. The van der Waals surface area contributed by atoms with Crippen molar-refractivity contribution < 1.29 is 19.7 Å². The predicted octanol–water partition coefficient (Wildman–Crippen LogP) is -0.923. The molecular formula is C13H17FN4O3. The number of halogens is 1. The lowest BCUT2D eigenvalue weighted by Crippen LogP contribution is -2.50. The number of aliphatic hydroxyl groups excluding tert-OH is 3. The Bertz CT molecular complexity index is 548. The second kappa shape index (κ2) is 5.21. The second-order valence-electron chi connectivity index (χ2n) is 5.29. The zero-order chi connectivity index (χ0) is 15.1. The van der Waals surface area contributed by atoms with Gasteiger partial charge in [0.25, 0.3) is 0 Å². The Morgan fingerprint density at radius 1 is 1.43 bits per heavy atom. The lowest BCUT2D eigenvalue weighted by molar-refractivity contribution is 0.00428. The van der Waals surface area contributed by atoms with E-state index in [4.69, 9.17) is 10.5 Å². The fourth-order valence-electron chi connectivity index (χ4n) is 3.07. The summed E-state index contributed by atoms with van der Waals surface area (Å²) in [6.07, 6.45) is 1.49. The summed E-state index contributed by atoms with van der Waals surface area (Å²) in [5.74, 6) is -0.703. The normalized spacial score (nSPS) is 38.2. The molecule has 2 unspecified atom stereocenters. The summed E-state index contributed by atoms with van der Waals surface area (Å²) in [7, 11) is 0. The van der Waals surface area contributed by atoms with Gasteiger partial charge >= 0.3 is 0 Å². The molecular weight excluding hydrogens is 279 g/mol. The maximum atomic E-state index is 14.5. The molecule has 0 radical (unpaired) electrons. The van der Waals surface area contributed by atoms with Crippen molar-refractivity contribution in [2.45, 2.75) is 30.8 Å². The molecule has 0 spiro atoms. The lowest BCUT2D eigenvalue weighted by Gasteiger charge is -2.35. The SMILES string of the molecule is N=C1NC=NC2C1C=CN2[C@@H]1C(F)=C(CCO)[C@@H](O)[C@H]1O. The van der Waals surface area contributed by atoms with E-state index in [1.165, 1.54) is 11.2 Å². The standard InChI is InChI=1S/C13H17FN4O3/c14-8-6(2-4-19)10(20)11(21)9(8)18-3-1-7-12(15)16-5-17-13(7)18/h1,3,5,7,9-11,13,19-21H,2,4H2,(H2,15,16,17)/t7?,9-,10-,11+,13?/m1/s1. The number of hydrogen-bond acceptors (Lipinski definition) is 6. The van der Waals surface area contributed by atoms with Gasteiger partial charge < -0.3 is 25.5 Å². The molecule has 3 aliphatic rings. The van der Waals surface area contributed by atoms with Crippen LogP contribution >= 0.6 is 0 Å². The average Bonchev–Trinajstić information content (AvgIpc) is 2.96. The van der Waals surface area contributed by atoms with Gasteiger partial charge in [-0.05, 0) is 18.2 Å². The van der Waals surface area contributed by atoms with Gasteiger partial charge in [-0.2, -0.15) is 0 Å². The molecule has 5 atom stereocenters. The molecule has 2 aliphatic heterocycles. The summed E-state index contributed by atoms with van der Waals surface area (Å²) in [6.45, 7) is -0.298. The fourth-order valence-corrected chi connectivity index (χ4v) is 3.07. The van der Waals surface area contributed by atoms with Gasteiger partial charge in [-0.3, -0.25) is 5.41 Å². The van der Waals surface area contributed by atoms with Gasteiger partial charge in [0.1, 0.15) is 36.1 Å². The average molecular weight is 296 g/mol. The first-order valence-electron chi connectivity index (χ1n) is 6.74. The van der Waals surface area contributed by atoms with Gasteiger partial charge in [0, 0.05) is 6.61 Å². The maximum Gasteiger partial charge on any atom is 0.136 e. The first kappa shape index (κ1) is 14.2. The molecule has 7 nitrogen and oxygen atoms in total. The molecule has 0 bridgehead atoms. The molecule has 0 aromatic rings. The van der Waals surface area contributed by atoms with E-state index in [0.717, 1.165) is 0 Å². The molecule has 0 saturated heterocycles. The van der Waals surface area contributed by atoms with E-state index in [1.807, 2.05) is 0 Å². The van der Waals surface area contributed by atoms with Gasteiger partial charge in [0.15, 0.2) is 0 Å². The van der Waals surface area contributed by atoms with Gasteiger partial charge in [-0.15, -0.1) is 0 Å². The van der Waals surface area contributed by atoms with Crippen molar-refractivity contribution in [3.8, 4) is 0 Å². The summed E-state index contributed by atoms with van der Waals surface area (Å²) in [6, 6.07) is -1.05. The number of amidine groups is 1. The minimum absolute atomic E-state index is 0.0210. The number of nitrogens with zero attached hydrogens (tertiary/aromatic N) is 2. The Balaban J connectivity index is 1.90. The number of hydrogen-bond donors (Lipinski definition) is 5. The molecule has 1 aliphatic carbocycles. The highest BCUT2D eigenvalue weighted by Crippen LogP contribution is 2.38. The minimum Gasteiger partial charge on any atom is -0.396 e. The van der Waals surface area contributed by atoms with Crippen LogP contribution in [0.4, 0.5) is 4.39 Å². The highest BCUT2D eigenvalue weighted by Gasteiger charge is 2.48. The first-order chi connectivity index (χ1) is 10.1. The van der Waals surface area contributed by atoms with Crippen LogP contribution in [0.2, 0.25) is 0 Å². The highest BCUT2D eigenvalue weighted by molar-refractivity contribution is 5.95. The van der Waals surface area contributed by atoms with Crippen LogP contribution in [0.15, 0.2) is 28.7 Å². The Morgan fingerprint density at radius 2 is 2.19 bits per heavy atom. The smallest absolute Gasteiger partial charge is 0.136 e. The molecule has 8 heteroatoms. The molecule has 0 aromatic heterocycles. The Labute approximate surface area is 120 Å². The van der Waals surface area contributed by atoms with Gasteiger partial charge in [-0.1, -0.05) is 6.08 Å². The van der Waals surface area contributed by atoms with Crippen molar-refractivity contribution >= 4 is 12.2 Å². The third-order valence-electron chi connectivity index (χ3n) is 4.15. The Kier molecular flexibility index (Phi) is 3.52. The zero-order valence-corrected chi connectivity index (χ0v) is 11.1. The monoisotopic (exact) mass is 296 g/mol. The van der Waals surface area contributed by atoms with Crippen LogP contribution < -0.4 is 5.32 Å². The van der Waals surface area contributed by atoms with Gasteiger partial charge in [-0.25, -0.2) is 9.38 Å². The molecule has 114 valence electrons. The fraction of sp³-hybridized carbons (Fsp3) is 0.538. The number of fused-ring (bicyclic) bond motifs is 1. The lowest BCUT2D eigenvalue weighted by atomic mass is 10.0. The van der Waals surface area contributed by atoms with E-state index in [1.54, 1.807) is 12.3 Å². The van der Waals surface area contributed by atoms with Crippen LogP contribution in [-0.2, 0) is 0 Å².